The van der Waals surface area contributed by atoms with Gasteiger partial charge in [-0.25, -0.2) is 0 Å². The number of anilines is 1. The van der Waals surface area contributed by atoms with E-state index in [-0.39, 0.29) is 0 Å². The largest absolute Gasteiger partial charge is 0.369 e. The van der Waals surface area contributed by atoms with E-state index in [1.54, 1.807) is 11.3 Å². The molecule has 1 aromatic carbocycles. The molecule has 0 saturated carbocycles. The van der Waals surface area contributed by atoms with Crippen molar-refractivity contribution in [2.75, 3.05) is 17.7 Å². The summed E-state index contributed by atoms with van der Waals surface area (Å²) in [6.07, 6.45) is 0. The highest BCUT2D eigenvalue weighted by Crippen LogP contribution is 2.31. The van der Waals surface area contributed by atoms with E-state index in [9.17, 15) is 0 Å². The molecule has 1 aromatic heterocycles. The van der Waals surface area contributed by atoms with Gasteiger partial charge in [0.1, 0.15) is 0 Å². The van der Waals surface area contributed by atoms with E-state index < -0.39 is 0 Å². The number of thiophene rings is 1. The maximum absolute atomic E-state index is 5.96. The van der Waals surface area contributed by atoms with Crippen molar-refractivity contribution in [2.24, 2.45) is 5.73 Å². The van der Waals surface area contributed by atoms with E-state index in [0.717, 1.165) is 12.3 Å². The van der Waals surface area contributed by atoms with Crippen LogP contribution < -0.4 is 10.6 Å². The molecule has 4 heteroatoms. The highest BCUT2D eigenvalue weighted by molar-refractivity contribution is 7.99. The molecule has 0 fully saturated rings. The Balaban J connectivity index is 2.25. The molecule has 0 saturated heterocycles. The number of thioether (sulfide) groups is 1. The van der Waals surface area contributed by atoms with Crippen molar-refractivity contribution in [1.82, 2.24) is 0 Å². The fourth-order valence-electron chi connectivity index (χ4n) is 2.13. The highest BCUT2D eigenvalue weighted by atomic mass is 32.2. The Bertz CT molecular complexity index is 509. The Hall–Kier alpha value is -0.970. The molecule has 0 atom stereocenters. The van der Waals surface area contributed by atoms with Gasteiger partial charge in [0, 0.05) is 34.6 Å². The molecule has 2 nitrogen and oxygen atoms in total. The van der Waals surface area contributed by atoms with Crippen LogP contribution in [0.4, 0.5) is 5.69 Å². The maximum Gasteiger partial charge on any atom is 0.0519 e. The summed E-state index contributed by atoms with van der Waals surface area (Å²) < 4.78 is 0. The quantitative estimate of drug-likeness (QED) is 0.817. The van der Waals surface area contributed by atoms with Gasteiger partial charge in [-0.2, -0.15) is 0 Å². The van der Waals surface area contributed by atoms with E-state index in [0.29, 0.717) is 6.54 Å². The predicted molar refractivity (Wildman–Crippen MR) is 87.2 cm³/mol. The lowest BCUT2D eigenvalue weighted by Crippen LogP contribution is -2.18. The number of hydrogen-bond donors (Lipinski definition) is 1. The first kappa shape index (κ1) is 14.4. The third-order valence-electron chi connectivity index (χ3n) is 3.00. The van der Waals surface area contributed by atoms with E-state index in [1.807, 2.05) is 11.8 Å². The summed E-state index contributed by atoms with van der Waals surface area (Å²) in [5.41, 5.74) is 8.46. The molecule has 1 heterocycles. The van der Waals surface area contributed by atoms with Crippen molar-refractivity contribution >= 4 is 28.8 Å². The first-order valence-electron chi connectivity index (χ1n) is 6.44. The molecule has 2 rings (SSSR count). The lowest BCUT2D eigenvalue weighted by Gasteiger charge is -2.23. The third kappa shape index (κ3) is 3.53. The van der Waals surface area contributed by atoms with Crippen LogP contribution in [0.3, 0.4) is 0 Å². The van der Waals surface area contributed by atoms with Gasteiger partial charge >= 0.3 is 0 Å². The van der Waals surface area contributed by atoms with E-state index in [2.05, 4.69) is 54.6 Å². The number of nitrogens with zero attached hydrogens (tertiary/aromatic N) is 1. The Morgan fingerprint density at radius 3 is 2.74 bits per heavy atom. The molecular weight excluding hydrogens is 272 g/mol. The van der Waals surface area contributed by atoms with Crippen molar-refractivity contribution < 1.29 is 0 Å². The van der Waals surface area contributed by atoms with Crippen LogP contribution >= 0.6 is 23.1 Å². The minimum atomic E-state index is 0.591. The second-order valence-corrected chi connectivity index (χ2v) is 6.66. The first-order valence-corrected chi connectivity index (χ1v) is 8.31. The van der Waals surface area contributed by atoms with Crippen molar-refractivity contribution in [3.8, 4) is 0 Å². The lowest BCUT2D eigenvalue weighted by atomic mass is 10.1. The second kappa shape index (κ2) is 6.98. The Morgan fingerprint density at radius 1 is 1.26 bits per heavy atom. The van der Waals surface area contributed by atoms with Crippen molar-refractivity contribution in [3.05, 3.63) is 46.2 Å². The average molecular weight is 292 g/mol. The molecule has 0 spiro atoms. The highest BCUT2D eigenvalue weighted by Gasteiger charge is 2.11. The molecule has 0 amide bonds. The van der Waals surface area contributed by atoms with Crippen LogP contribution in [-0.2, 0) is 13.1 Å². The number of nitrogens with two attached hydrogens (primary N) is 1. The van der Waals surface area contributed by atoms with Gasteiger partial charge < -0.3 is 10.6 Å². The second-order valence-electron chi connectivity index (χ2n) is 4.33. The minimum Gasteiger partial charge on any atom is -0.369 e. The molecule has 102 valence electrons. The fraction of sp³-hybridized carbons (Fsp3) is 0.333. The number of hydrogen-bond acceptors (Lipinski definition) is 4. The van der Waals surface area contributed by atoms with Crippen LogP contribution in [-0.4, -0.2) is 12.8 Å². The van der Waals surface area contributed by atoms with Crippen LogP contribution in [0.5, 0.6) is 0 Å². The van der Waals surface area contributed by atoms with Crippen LogP contribution in [0.1, 0.15) is 17.4 Å². The molecule has 19 heavy (non-hydrogen) atoms. The van der Waals surface area contributed by atoms with Gasteiger partial charge in [0.25, 0.3) is 0 Å². The van der Waals surface area contributed by atoms with E-state index >= 15 is 0 Å². The minimum absolute atomic E-state index is 0.591. The van der Waals surface area contributed by atoms with E-state index in [1.165, 1.54) is 21.0 Å². The molecular formula is C15H20N2S2. The van der Waals surface area contributed by atoms with Gasteiger partial charge in [-0.05, 0) is 29.3 Å². The molecule has 0 unspecified atom stereocenters. The average Bonchev–Trinajstić information content (AvgIpc) is 2.91. The molecule has 0 radical (unpaired) electrons. The van der Waals surface area contributed by atoms with Crippen LogP contribution in [0.2, 0.25) is 0 Å². The Morgan fingerprint density at radius 2 is 2.11 bits per heavy atom. The van der Waals surface area contributed by atoms with Crippen molar-refractivity contribution in [1.29, 1.82) is 0 Å². The van der Waals surface area contributed by atoms with Crippen molar-refractivity contribution in [2.45, 2.75) is 24.9 Å². The smallest absolute Gasteiger partial charge is 0.0519 e. The zero-order valence-electron chi connectivity index (χ0n) is 11.4. The summed E-state index contributed by atoms with van der Waals surface area (Å²) in [6.45, 7) is 3.70. The van der Waals surface area contributed by atoms with Crippen molar-refractivity contribution in [3.63, 3.8) is 0 Å². The predicted octanol–water partition coefficient (Wildman–Crippen LogP) is 3.96. The standard InChI is InChI=1S/C15H20N2S2/c1-3-18-15-8-4-7-14(13(15)10-16)17(2)11-12-6-5-9-19-12/h4-9H,3,10-11,16H2,1-2H3. The molecule has 2 aromatic rings. The SMILES string of the molecule is CCSc1cccc(N(C)Cc2cccs2)c1CN. The number of benzene rings is 1. The summed E-state index contributed by atoms with van der Waals surface area (Å²) >= 11 is 3.66. The van der Waals surface area contributed by atoms with Gasteiger partial charge in [-0.1, -0.05) is 19.1 Å². The van der Waals surface area contributed by atoms with Gasteiger partial charge in [0.05, 0.1) is 6.54 Å². The third-order valence-corrected chi connectivity index (χ3v) is 4.84. The molecule has 2 N–H and O–H groups in total. The Kier molecular flexibility index (Phi) is 5.31. The topological polar surface area (TPSA) is 29.3 Å². The van der Waals surface area contributed by atoms with E-state index in [4.69, 9.17) is 5.73 Å². The fourth-order valence-corrected chi connectivity index (χ4v) is 3.73. The molecule has 0 aliphatic carbocycles. The van der Waals surface area contributed by atoms with Gasteiger partial charge in [-0.15, -0.1) is 23.1 Å². The Labute approximate surface area is 123 Å². The number of rotatable bonds is 6. The zero-order valence-corrected chi connectivity index (χ0v) is 13.1. The lowest BCUT2D eigenvalue weighted by molar-refractivity contribution is 0.906. The summed E-state index contributed by atoms with van der Waals surface area (Å²) in [5.74, 6) is 1.07. The molecule has 0 bridgehead atoms. The summed E-state index contributed by atoms with van der Waals surface area (Å²) in [6, 6.07) is 10.7. The maximum atomic E-state index is 5.96. The first-order chi connectivity index (χ1) is 9.26. The molecule has 0 aliphatic heterocycles. The summed E-state index contributed by atoms with van der Waals surface area (Å²) in [5, 5.41) is 2.12. The van der Waals surface area contributed by atoms with Gasteiger partial charge in [0.2, 0.25) is 0 Å². The summed E-state index contributed by atoms with van der Waals surface area (Å²) in [4.78, 5) is 4.97. The van der Waals surface area contributed by atoms with Gasteiger partial charge in [-0.3, -0.25) is 0 Å². The van der Waals surface area contributed by atoms with Crippen LogP contribution in [0, 0.1) is 0 Å². The summed E-state index contributed by atoms with van der Waals surface area (Å²) in [7, 11) is 2.13. The zero-order chi connectivity index (χ0) is 13.7. The van der Waals surface area contributed by atoms with Gasteiger partial charge in [0.15, 0.2) is 0 Å². The normalized spacial score (nSPS) is 10.7. The molecule has 0 aliphatic rings. The monoisotopic (exact) mass is 292 g/mol. The van der Waals surface area contributed by atoms with Crippen LogP contribution in [0.25, 0.3) is 0 Å². The van der Waals surface area contributed by atoms with Crippen LogP contribution in [0.15, 0.2) is 40.6 Å².